The fourth-order valence-corrected chi connectivity index (χ4v) is 3.03. The van der Waals surface area contributed by atoms with Gasteiger partial charge in [0.25, 0.3) is 0 Å². The maximum atomic E-state index is 12.3. The smallest absolute Gasteiger partial charge is 0.237 e. The molecule has 0 radical (unpaired) electrons. The summed E-state index contributed by atoms with van der Waals surface area (Å²) in [5, 5.41) is 3.09. The van der Waals surface area contributed by atoms with E-state index in [1.54, 1.807) is 0 Å². The third-order valence-electron chi connectivity index (χ3n) is 4.79. The highest BCUT2D eigenvalue weighted by Gasteiger charge is 2.29. The Bertz CT molecular complexity index is 328. The lowest BCUT2D eigenvalue weighted by Crippen LogP contribution is -2.56. The fraction of sp³-hybridized carbons (Fsp3) is 0.933. The van der Waals surface area contributed by atoms with Crippen LogP contribution in [0.4, 0.5) is 0 Å². The SMILES string of the molecule is CC(NC(=O)C(N)C1CCOCC1)C(C)N1CCOCC1. The van der Waals surface area contributed by atoms with Gasteiger partial charge in [0, 0.05) is 38.4 Å². The van der Waals surface area contributed by atoms with Crippen LogP contribution in [0.5, 0.6) is 0 Å². The van der Waals surface area contributed by atoms with Gasteiger partial charge in [-0.25, -0.2) is 0 Å². The molecule has 2 rings (SSSR count). The van der Waals surface area contributed by atoms with E-state index >= 15 is 0 Å². The van der Waals surface area contributed by atoms with Gasteiger partial charge in [-0.2, -0.15) is 0 Å². The number of carbonyl (C=O) groups is 1. The van der Waals surface area contributed by atoms with Crippen molar-refractivity contribution in [1.82, 2.24) is 10.2 Å². The molecule has 0 aliphatic carbocycles. The van der Waals surface area contributed by atoms with Crippen molar-refractivity contribution in [1.29, 1.82) is 0 Å². The number of nitrogens with one attached hydrogen (secondary N) is 1. The number of carbonyl (C=O) groups excluding carboxylic acids is 1. The van der Waals surface area contributed by atoms with Gasteiger partial charge in [0.15, 0.2) is 0 Å². The molecule has 122 valence electrons. The first-order valence-electron chi connectivity index (χ1n) is 8.05. The molecule has 0 aromatic heterocycles. The minimum atomic E-state index is -0.423. The Morgan fingerprint density at radius 2 is 1.71 bits per heavy atom. The van der Waals surface area contributed by atoms with Gasteiger partial charge in [-0.3, -0.25) is 9.69 Å². The molecule has 0 aromatic carbocycles. The average molecular weight is 299 g/mol. The number of rotatable bonds is 5. The summed E-state index contributed by atoms with van der Waals surface area (Å²) in [5.74, 6) is 0.208. The van der Waals surface area contributed by atoms with Crippen molar-refractivity contribution in [2.45, 2.75) is 44.8 Å². The van der Waals surface area contributed by atoms with Crippen molar-refractivity contribution in [2.24, 2.45) is 11.7 Å². The quantitative estimate of drug-likeness (QED) is 0.745. The molecule has 0 saturated carbocycles. The van der Waals surface area contributed by atoms with Gasteiger partial charge < -0.3 is 20.5 Å². The van der Waals surface area contributed by atoms with E-state index in [2.05, 4.69) is 24.1 Å². The molecule has 0 bridgehead atoms. The molecule has 21 heavy (non-hydrogen) atoms. The van der Waals surface area contributed by atoms with E-state index in [1.807, 2.05) is 0 Å². The number of nitrogens with two attached hydrogens (primary N) is 1. The van der Waals surface area contributed by atoms with Crippen molar-refractivity contribution in [3.63, 3.8) is 0 Å². The first-order chi connectivity index (χ1) is 10.1. The average Bonchev–Trinajstić information content (AvgIpc) is 2.55. The van der Waals surface area contributed by atoms with Crippen LogP contribution in [0.25, 0.3) is 0 Å². The molecular weight excluding hydrogens is 270 g/mol. The van der Waals surface area contributed by atoms with E-state index in [-0.39, 0.29) is 17.9 Å². The van der Waals surface area contributed by atoms with Crippen molar-refractivity contribution in [2.75, 3.05) is 39.5 Å². The molecule has 3 N–H and O–H groups in total. The molecule has 6 heteroatoms. The molecule has 2 heterocycles. The van der Waals surface area contributed by atoms with Gasteiger partial charge in [0.1, 0.15) is 0 Å². The summed E-state index contributed by atoms with van der Waals surface area (Å²) in [5.41, 5.74) is 6.12. The van der Waals surface area contributed by atoms with Gasteiger partial charge in [0.2, 0.25) is 5.91 Å². The lowest BCUT2D eigenvalue weighted by molar-refractivity contribution is -0.125. The maximum absolute atomic E-state index is 12.3. The molecule has 2 aliphatic heterocycles. The summed E-state index contributed by atoms with van der Waals surface area (Å²) in [4.78, 5) is 14.7. The molecule has 0 aromatic rings. The second kappa shape index (κ2) is 8.08. The number of morpholine rings is 1. The number of ether oxygens (including phenoxy) is 2. The topological polar surface area (TPSA) is 76.8 Å². The van der Waals surface area contributed by atoms with Gasteiger partial charge in [-0.15, -0.1) is 0 Å². The molecule has 3 unspecified atom stereocenters. The largest absolute Gasteiger partial charge is 0.381 e. The van der Waals surface area contributed by atoms with E-state index in [9.17, 15) is 4.79 Å². The minimum absolute atomic E-state index is 0.0329. The third kappa shape index (κ3) is 4.64. The summed E-state index contributed by atoms with van der Waals surface area (Å²) in [7, 11) is 0. The molecule has 3 atom stereocenters. The normalized spacial score (nSPS) is 26.0. The Morgan fingerprint density at radius 1 is 1.14 bits per heavy atom. The fourth-order valence-electron chi connectivity index (χ4n) is 3.03. The number of hydrogen-bond donors (Lipinski definition) is 2. The second-order valence-electron chi connectivity index (χ2n) is 6.16. The van der Waals surface area contributed by atoms with Crippen LogP contribution >= 0.6 is 0 Å². The summed E-state index contributed by atoms with van der Waals surface area (Å²) in [6.07, 6.45) is 1.75. The summed E-state index contributed by atoms with van der Waals surface area (Å²) >= 11 is 0. The van der Waals surface area contributed by atoms with Crippen molar-refractivity contribution < 1.29 is 14.3 Å². The molecule has 2 fully saturated rings. The molecule has 2 aliphatic rings. The van der Waals surface area contributed by atoms with Crippen molar-refractivity contribution >= 4 is 5.91 Å². The van der Waals surface area contributed by atoms with E-state index in [4.69, 9.17) is 15.2 Å². The van der Waals surface area contributed by atoms with Gasteiger partial charge in [-0.1, -0.05) is 0 Å². The van der Waals surface area contributed by atoms with E-state index in [0.717, 1.165) is 39.1 Å². The third-order valence-corrected chi connectivity index (χ3v) is 4.79. The van der Waals surface area contributed by atoms with Crippen LogP contribution in [0.15, 0.2) is 0 Å². The van der Waals surface area contributed by atoms with E-state index in [1.165, 1.54) is 0 Å². The molecular formula is C15H29N3O3. The zero-order valence-electron chi connectivity index (χ0n) is 13.2. The van der Waals surface area contributed by atoms with Crippen LogP contribution in [-0.4, -0.2) is 68.4 Å². The Labute approximate surface area is 127 Å². The summed E-state index contributed by atoms with van der Waals surface area (Å²) in [6.45, 7) is 9.02. The predicted octanol–water partition coefficient (Wildman–Crippen LogP) is -0.0343. The first kappa shape index (κ1) is 16.7. The van der Waals surface area contributed by atoms with E-state index in [0.29, 0.717) is 19.3 Å². The monoisotopic (exact) mass is 299 g/mol. The van der Waals surface area contributed by atoms with Crippen molar-refractivity contribution in [3.05, 3.63) is 0 Å². The Balaban J connectivity index is 1.79. The Morgan fingerprint density at radius 3 is 2.33 bits per heavy atom. The van der Waals surface area contributed by atoms with Crippen LogP contribution in [0.3, 0.4) is 0 Å². The molecule has 0 spiro atoms. The number of hydrogen-bond acceptors (Lipinski definition) is 5. The Hall–Kier alpha value is -0.690. The minimum Gasteiger partial charge on any atom is -0.381 e. The predicted molar refractivity (Wildman–Crippen MR) is 81.0 cm³/mol. The van der Waals surface area contributed by atoms with Gasteiger partial charge in [0.05, 0.1) is 19.3 Å². The highest BCUT2D eigenvalue weighted by atomic mass is 16.5. The zero-order valence-corrected chi connectivity index (χ0v) is 13.2. The Kier molecular flexibility index (Phi) is 6.41. The van der Waals surface area contributed by atoms with Crippen LogP contribution in [0.2, 0.25) is 0 Å². The maximum Gasteiger partial charge on any atom is 0.237 e. The van der Waals surface area contributed by atoms with E-state index < -0.39 is 6.04 Å². The van der Waals surface area contributed by atoms with Crippen molar-refractivity contribution in [3.8, 4) is 0 Å². The lowest BCUT2D eigenvalue weighted by atomic mass is 9.91. The lowest BCUT2D eigenvalue weighted by Gasteiger charge is -2.36. The van der Waals surface area contributed by atoms with Gasteiger partial charge >= 0.3 is 0 Å². The number of nitrogens with zero attached hydrogens (tertiary/aromatic N) is 1. The highest BCUT2D eigenvalue weighted by molar-refractivity contribution is 5.82. The standard InChI is InChI=1S/C15H29N3O3/c1-11(12(2)18-5-9-21-10-6-18)17-15(19)14(16)13-3-7-20-8-4-13/h11-14H,3-10,16H2,1-2H3,(H,17,19). The van der Waals surface area contributed by atoms with Crippen LogP contribution in [0, 0.1) is 5.92 Å². The zero-order chi connectivity index (χ0) is 15.2. The molecule has 1 amide bonds. The molecule has 2 saturated heterocycles. The van der Waals surface area contributed by atoms with Crippen LogP contribution in [-0.2, 0) is 14.3 Å². The van der Waals surface area contributed by atoms with Crippen LogP contribution < -0.4 is 11.1 Å². The highest BCUT2D eigenvalue weighted by Crippen LogP contribution is 2.18. The van der Waals surface area contributed by atoms with Crippen LogP contribution in [0.1, 0.15) is 26.7 Å². The number of amides is 1. The summed E-state index contributed by atoms with van der Waals surface area (Å²) in [6, 6.07) is -0.0468. The molecule has 6 nitrogen and oxygen atoms in total. The van der Waals surface area contributed by atoms with Gasteiger partial charge in [-0.05, 0) is 32.6 Å². The second-order valence-corrected chi connectivity index (χ2v) is 6.16. The summed E-state index contributed by atoms with van der Waals surface area (Å²) < 4.78 is 10.7. The first-order valence-corrected chi connectivity index (χ1v) is 8.05.